The Balaban J connectivity index is 2.59. The lowest BCUT2D eigenvalue weighted by Gasteiger charge is -2.14. The number of likely N-dealkylation sites (N-methyl/N-ethyl adjacent to an activating group) is 1. The van der Waals surface area contributed by atoms with Gasteiger partial charge in [-0.25, -0.2) is 4.98 Å². The maximum atomic E-state index is 11.0. The lowest BCUT2D eigenvalue weighted by molar-refractivity contribution is -0.141. The zero-order valence-electron chi connectivity index (χ0n) is 9.30. The third-order valence-electron chi connectivity index (χ3n) is 2.02. The summed E-state index contributed by atoms with van der Waals surface area (Å²) in [4.78, 5) is 16.7. The standard InChI is InChI=1S/C11H13N3O2/c1-14(8-11(15)16-2)7-9-3-4-13-10(5-9)6-12/h3-5H,7-8H2,1-2H3. The summed E-state index contributed by atoms with van der Waals surface area (Å²) in [5, 5.41) is 8.68. The van der Waals surface area contributed by atoms with E-state index >= 15 is 0 Å². The smallest absolute Gasteiger partial charge is 0.319 e. The number of hydrogen-bond donors (Lipinski definition) is 0. The average Bonchev–Trinajstić information content (AvgIpc) is 2.28. The van der Waals surface area contributed by atoms with Crippen molar-refractivity contribution < 1.29 is 9.53 Å². The second kappa shape index (κ2) is 5.83. The van der Waals surface area contributed by atoms with Crippen LogP contribution in [0.4, 0.5) is 0 Å². The van der Waals surface area contributed by atoms with Crippen LogP contribution in [0.3, 0.4) is 0 Å². The van der Waals surface area contributed by atoms with Crippen LogP contribution in [0.1, 0.15) is 11.3 Å². The molecule has 5 heteroatoms. The van der Waals surface area contributed by atoms with E-state index in [1.165, 1.54) is 7.11 Å². The molecular weight excluding hydrogens is 206 g/mol. The minimum atomic E-state index is -0.280. The van der Waals surface area contributed by atoms with Crippen LogP contribution in [-0.2, 0) is 16.1 Å². The topological polar surface area (TPSA) is 66.2 Å². The Bertz CT molecular complexity index is 412. The van der Waals surface area contributed by atoms with Gasteiger partial charge in [0, 0.05) is 12.7 Å². The van der Waals surface area contributed by atoms with Crippen molar-refractivity contribution in [2.75, 3.05) is 20.7 Å². The Morgan fingerprint density at radius 2 is 2.44 bits per heavy atom. The van der Waals surface area contributed by atoms with Gasteiger partial charge in [-0.3, -0.25) is 9.69 Å². The molecule has 0 aliphatic heterocycles. The van der Waals surface area contributed by atoms with E-state index in [0.29, 0.717) is 12.2 Å². The Labute approximate surface area is 94.3 Å². The maximum absolute atomic E-state index is 11.0. The van der Waals surface area contributed by atoms with Crippen LogP contribution in [0, 0.1) is 11.3 Å². The zero-order valence-corrected chi connectivity index (χ0v) is 9.30. The molecule has 0 amide bonds. The molecule has 1 rings (SSSR count). The highest BCUT2D eigenvalue weighted by atomic mass is 16.5. The number of nitriles is 1. The first-order valence-corrected chi connectivity index (χ1v) is 4.76. The summed E-state index contributed by atoms with van der Waals surface area (Å²) in [5.41, 5.74) is 1.32. The van der Waals surface area contributed by atoms with Gasteiger partial charge in [0.15, 0.2) is 0 Å². The summed E-state index contributed by atoms with van der Waals surface area (Å²) >= 11 is 0. The number of methoxy groups -OCH3 is 1. The van der Waals surface area contributed by atoms with E-state index in [1.807, 2.05) is 24.1 Å². The van der Waals surface area contributed by atoms with Crippen molar-refractivity contribution in [1.82, 2.24) is 9.88 Å². The average molecular weight is 219 g/mol. The van der Waals surface area contributed by atoms with Crippen LogP contribution in [0.5, 0.6) is 0 Å². The van der Waals surface area contributed by atoms with Crippen molar-refractivity contribution in [3.63, 3.8) is 0 Å². The third-order valence-corrected chi connectivity index (χ3v) is 2.02. The Morgan fingerprint density at radius 3 is 3.06 bits per heavy atom. The molecule has 0 aliphatic rings. The van der Waals surface area contributed by atoms with Gasteiger partial charge in [0.1, 0.15) is 11.8 Å². The Morgan fingerprint density at radius 1 is 1.69 bits per heavy atom. The second-order valence-corrected chi connectivity index (χ2v) is 3.41. The molecule has 1 aromatic rings. The summed E-state index contributed by atoms with van der Waals surface area (Å²) in [6.07, 6.45) is 1.58. The third kappa shape index (κ3) is 3.67. The van der Waals surface area contributed by atoms with Gasteiger partial charge < -0.3 is 4.74 Å². The highest BCUT2D eigenvalue weighted by Gasteiger charge is 2.07. The lowest BCUT2D eigenvalue weighted by atomic mass is 10.2. The fourth-order valence-corrected chi connectivity index (χ4v) is 1.29. The Hall–Kier alpha value is -1.93. The van der Waals surface area contributed by atoms with E-state index in [9.17, 15) is 4.79 Å². The summed E-state index contributed by atoms with van der Waals surface area (Å²) in [7, 11) is 3.17. The number of pyridine rings is 1. The number of rotatable bonds is 4. The maximum Gasteiger partial charge on any atom is 0.319 e. The first kappa shape index (κ1) is 12.1. The van der Waals surface area contributed by atoms with Crippen molar-refractivity contribution in [2.45, 2.75) is 6.54 Å². The second-order valence-electron chi connectivity index (χ2n) is 3.41. The molecule has 0 fully saturated rings. The van der Waals surface area contributed by atoms with Crippen LogP contribution in [0.2, 0.25) is 0 Å². The summed E-state index contributed by atoms with van der Waals surface area (Å²) in [5.74, 6) is -0.280. The predicted molar refractivity (Wildman–Crippen MR) is 57.3 cm³/mol. The normalized spacial score (nSPS) is 9.88. The monoisotopic (exact) mass is 219 g/mol. The van der Waals surface area contributed by atoms with E-state index in [4.69, 9.17) is 5.26 Å². The number of aromatic nitrogens is 1. The van der Waals surface area contributed by atoms with Gasteiger partial charge in [-0.05, 0) is 24.7 Å². The molecule has 0 bridgehead atoms. The predicted octanol–water partition coefficient (Wildman–Crippen LogP) is 0.558. The lowest BCUT2D eigenvalue weighted by Crippen LogP contribution is -2.26. The molecule has 16 heavy (non-hydrogen) atoms. The number of carbonyl (C=O) groups is 1. The number of nitrogens with zero attached hydrogens (tertiary/aromatic N) is 3. The number of carbonyl (C=O) groups excluding carboxylic acids is 1. The fourth-order valence-electron chi connectivity index (χ4n) is 1.29. The Kier molecular flexibility index (Phi) is 4.42. The van der Waals surface area contributed by atoms with Crippen LogP contribution in [-0.4, -0.2) is 36.6 Å². The van der Waals surface area contributed by atoms with Gasteiger partial charge in [0.05, 0.1) is 13.7 Å². The molecule has 1 heterocycles. The minimum absolute atomic E-state index is 0.223. The molecule has 1 aromatic heterocycles. The first-order valence-electron chi connectivity index (χ1n) is 4.76. The highest BCUT2D eigenvalue weighted by Crippen LogP contribution is 2.04. The quantitative estimate of drug-likeness (QED) is 0.692. The summed E-state index contributed by atoms with van der Waals surface area (Å²) in [6.45, 7) is 0.799. The number of ether oxygens (including phenoxy) is 1. The molecule has 0 atom stereocenters. The van der Waals surface area contributed by atoms with E-state index < -0.39 is 0 Å². The molecular formula is C11H13N3O2. The van der Waals surface area contributed by atoms with E-state index in [0.717, 1.165) is 5.56 Å². The van der Waals surface area contributed by atoms with E-state index in [1.54, 1.807) is 12.3 Å². The number of esters is 1. The van der Waals surface area contributed by atoms with Gasteiger partial charge in [-0.1, -0.05) is 0 Å². The molecule has 0 N–H and O–H groups in total. The van der Waals surface area contributed by atoms with Gasteiger partial charge >= 0.3 is 5.97 Å². The molecule has 0 spiro atoms. The van der Waals surface area contributed by atoms with Crippen LogP contribution in [0.15, 0.2) is 18.3 Å². The van der Waals surface area contributed by atoms with E-state index in [2.05, 4.69) is 9.72 Å². The summed E-state index contributed by atoms with van der Waals surface area (Å²) in [6, 6.07) is 5.49. The number of hydrogen-bond acceptors (Lipinski definition) is 5. The zero-order chi connectivity index (χ0) is 12.0. The molecule has 0 aromatic carbocycles. The molecule has 0 radical (unpaired) electrons. The minimum Gasteiger partial charge on any atom is -0.468 e. The molecule has 84 valence electrons. The fraction of sp³-hybridized carbons (Fsp3) is 0.364. The molecule has 5 nitrogen and oxygen atoms in total. The highest BCUT2D eigenvalue weighted by molar-refractivity contribution is 5.71. The van der Waals surface area contributed by atoms with Crippen molar-refractivity contribution in [2.24, 2.45) is 0 Å². The van der Waals surface area contributed by atoms with E-state index in [-0.39, 0.29) is 12.5 Å². The molecule has 0 saturated heterocycles. The van der Waals surface area contributed by atoms with Gasteiger partial charge in [0.2, 0.25) is 0 Å². The van der Waals surface area contributed by atoms with Crippen molar-refractivity contribution in [1.29, 1.82) is 5.26 Å². The largest absolute Gasteiger partial charge is 0.468 e. The first-order chi connectivity index (χ1) is 7.65. The van der Waals surface area contributed by atoms with Gasteiger partial charge in [-0.2, -0.15) is 5.26 Å². The summed E-state index contributed by atoms with van der Waals surface area (Å²) < 4.78 is 4.56. The molecule has 0 unspecified atom stereocenters. The van der Waals surface area contributed by atoms with Crippen molar-refractivity contribution in [3.8, 4) is 6.07 Å². The van der Waals surface area contributed by atoms with Crippen LogP contribution >= 0.6 is 0 Å². The molecule has 0 aliphatic carbocycles. The van der Waals surface area contributed by atoms with Crippen molar-refractivity contribution in [3.05, 3.63) is 29.6 Å². The van der Waals surface area contributed by atoms with Crippen LogP contribution in [0.25, 0.3) is 0 Å². The van der Waals surface area contributed by atoms with Crippen LogP contribution < -0.4 is 0 Å². The van der Waals surface area contributed by atoms with Crippen molar-refractivity contribution >= 4 is 5.97 Å². The van der Waals surface area contributed by atoms with Gasteiger partial charge in [-0.15, -0.1) is 0 Å². The van der Waals surface area contributed by atoms with Gasteiger partial charge in [0.25, 0.3) is 0 Å². The molecule has 0 saturated carbocycles. The SMILES string of the molecule is COC(=O)CN(C)Cc1ccnc(C#N)c1.